The summed E-state index contributed by atoms with van der Waals surface area (Å²) < 4.78 is 5.59. The highest BCUT2D eigenvalue weighted by molar-refractivity contribution is 6.30. The lowest BCUT2D eigenvalue weighted by atomic mass is 9.86. The molecule has 1 spiro atoms. The van der Waals surface area contributed by atoms with E-state index >= 15 is 0 Å². The van der Waals surface area contributed by atoms with Gasteiger partial charge in [-0.1, -0.05) is 23.7 Å². The van der Waals surface area contributed by atoms with E-state index in [4.69, 9.17) is 21.3 Å². The third-order valence-corrected chi connectivity index (χ3v) is 5.31. The van der Waals surface area contributed by atoms with Crippen LogP contribution in [0.15, 0.2) is 47.5 Å². The molecule has 1 saturated heterocycles. The second-order valence-electron chi connectivity index (χ2n) is 7.18. The lowest BCUT2D eigenvalue weighted by Crippen LogP contribution is -2.55. The molecule has 28 heavy (non-hydrogen) atoms. The molecule has 2 aliphatic rings. The summed E-state index contributed by atoms with van der Waals surface area (Å²) in [4.78, 5) is 16.3. The molecule has 6 nitrogen and oxygen atoms in total. The van der Waals surface area contributed by atoms with Crippen molar-refractivity contribution in [3.8, 4) is 0 Å². The van der Waals surface area contributed by atoms with Gasteiger partial charge >= 0.3 is 0 Å². The van der Waals surface area contributed by atoms with Crippen molar-refractivity contribution in [1.82, 2.24) is 0 Å². The molecule has 0 saturated carbocycles. The second kappa shape index (κ2) is 7.81. The van der Waals surface area contributed by atoms with Gasteiger partial charge in [0, 0.05) is 43.7 Å². The van der Waals surface area contributed by atoms with Gasteiger partial charge in [-0.2, -0.15) is 0 Å². The Kier molecular flexibility index (Phi) is 5.24. The van der Waals surface area contributed by atoms with E-state index in [0.29, 0.717) is 24.8 Å². The van der Waals surface area contributed by atoms with Crippen molar-refractivity contribution in [2.75, 3.05) is 29.2 Å². The van der Waals surface area contributed by atoms with Crippen molar-refractivity contribution in [2.24, 2.45) is 4.99 Å². The Morgan fingerprint density at radius 1 is 1.21 bits per heavy atom. The zero-order valence-electron chi connectivity index (χ0n) is 15.7. The molecule has 0 bridgehead atoms. The van der Waals surface area contributed by atoms with Crippen molar-refractivity contribution in [2.45, 2.75) is 31.8 Å². The van der Waals surface area contributed by atoms with Crippen molar-refractivity contribution in [3.63, 3.8) is 0 Å². The SMILES string of the molecule is CC(=O)Nc1ccc2c(c1)NC(=NCc1cccc(Cl)c1)C1(CCOCC1)N2. The Hall–Kier alpha value is -2.57. The van der Waals surface area contributed by atoms with Gasteiger partial charge in [0.1, 0.15) is 5.84 Å². The molecule has 1 amide bonds. The minimum Gasteiger partial charge on any atom is -0.381 e. The lowest BCUT2D eigenvalue weighted by molar-refractivity contribution is -0.114. The van der Waals surface area contributed by atoms with Gasteiger partial charge in [-0.05, 0) is 35.9 Å². The van der Waals surface area contributed by atoms with E-state index in [1.807, 2.05) is 42.5 Å². The first-order valence-electron chi connectivity index (χ1n) is 9.38. The molecule has 4 rings (SSSR count). The zero-order chi connectivity index (χ0) is 19.6. The number of ether oxygens (including phenoxy) is 1. The average molecular weight is 399 g/mol. The normalized spacial score (nSPS) is 18.9. The van der Waals surface area contributed by atoms with Gasteiger partial charge in [0.05, 0.1) is 23.5 Å². The van der Waals surface area contributed by atoms with Crippen molar-refractivity contribution in [1.29, 1.82) is 0 Å². The maximum absolute atomic E-state index is 11.4. The summed E-state index contributed by atoms with van der Waals surface area (Å²) in [6.07, 6.45) is 1.67. The highest BCUT2D eigenvalue weighted by atomic mass is 35.5. The number of amides is 1. The van der Waals surface area contributed by atoms with Gasteiger partial charge < -0.3 is 20.7 Å². The molecular formula is C21H23ClN4O2. The molecule has 2 aromatic rings. The van der Waals surface area contributed by atoms with Crippen LogP contribution in [0.4, 0.5) is 17.1 Å². The third-order valence-electron chi connectivity index (χ3n) is 5.08. The van der Waals surface area contributed by atoms with Crippen LogP contribution < -0.4 is 16.0 Å². The van der Waals surface area contributed by atoms with Crippen LogP contribution in [0.2, 0.25) is 5.02 Å². The summed E-state index contributed by atoms with van der Waals surface area (Å²) in [7, 11) is 0. The Labute approximate surface area is 169 Å². The lowest BCUT2D eigenvalue weighted by Gasteiger charge is -2.43. The fourth-order valence-corrected chi connectivity index (χ4v) is 3.89. The van der Waals surface area contributed by atoms with E-state index in [0.717, 1.165) is 41.3 Å². The fraction of sp³-hybridized carbons (Fsp3) is 0.333. The van der Waals surface area contributed by atoms with Gasteiger partial charge in [-0.15, -0.1) is 0 Å². The summed E-state index contributed by atoms with van der Waals surface area (Å²) >= 11 is 6.11. The van der Waals surface area contributed by atoms with Crippen molar-refractivity contribution < 1.29 is 9.53 Å². The summed E-state index contributed by atoms with van der Waals surface area (Å²) in [5, 5.41) is 10.7. The minimum atomic E-state index is -0.278. The fourth-order valence-electron chi connectivity index (χ4n) is 3.68. The van der Waals surface area contributed by atoms with Crippen molar-refractivity contribution >= 4 is 40.4 Å². The highest BCUT2D eigenvalue weighted by Gasteiger charge is 2.41. The predicted molar refractivity (Wildman–Crippen MR) is 113 cm³/mol. The van der Waals surface area contributed by atoms with Crippen molar-refractivity contribution in [3.05, 3.63) is 53.1 Å². The number of rotatable bonds is 3. The molecule has 2 aromatic carbocycles. The predicted octanol–water partition coefficient (Wildman–Crippen LogP) is 4.28. The number of fused-ring (bicyclic) bond motifs is 1. The first-order chi connectivity index (χ1) is 13.5. The molecule has 0 radical (unpaired) electrons. The molecule has 0 unspecified atom stereocenters. The number of hydrogen-bond donors (Lipinski definition) is 3. The Bertz CT molecular complexity index is 922. The number of amidine groups is 1. The van der Waals surface area contributed by atoms with Crippen LogP contribution in [0.5, 0.6) is 0 Å². The molecule has 0 atom stereocenters. The van der Waals surface area contributed by atoms with Gasteiger partial charge in [0.2, 0.25) is 5.91 Å². The number of benzene rings is 2. The van der Waals surface area contributed by atoms with E-state index in [1.165, 1.54) is 6.92 Å². The molecule has 146 valence electrons. The van der Waals surface area contributed by atoms with Crippen LogP contribution in [0.25, 0.3) is 0 Å². The number of anilines is 3. The highest BCUT2D eigenvalue weighted by Crippen LogP contribution is 2.38. The number of halogens is 1. The van der Waals surface area contributed by atoms with Crippen LogP contribution in [0, 0.1) is 0 Å². The first kappa shape index (κ1) is 18.8. The van der Waals surface area contributed by atoms with Gasteiger partial charge in [0.25, 0.3) is 0 Å². The Morgan fingerprint density at radius 3 is 2.79 bits per heavy atom. The van der Waals surface area contributed by atoms with Gasteiger partial charge in [-0.3, -0.25) is 9.79 Å². The number of aliphatic imine (C=N–C) groups is 1. The molecule has 3 N–H and O–H groups in total. The molecule has 0 aromatic heterocycles. The van der Waals surface area contributed by atoms with Crippen LogP contribution >= 0.6 is 11.6 Å². The molecular weight excluding hydrogens is 376 g/mol. The molecule has 1 fully saturated rings. The standard InChI is InChI=1S/C21H23ClN4O2/c1-14(27)24-17-5-6-18-19(12-17)25-20(21(26-18)7-9-28-10-8-21)23-13-15-3-2-4-16(22)11-15/h2-6,11-12,26H,7-10,13H2,1H3,(H,23,25)(H,24,27). The number of nitrogens with zero attached hydrogens (tertiary/aromatic N) is 1. The number of carbonyl (C=O) groups excluding carboxylic acids is 1. The Morgan fingerprint density at radius 2 is 2.04 bits per heavy atom. The summed E-state index contributed by atoms with van der Waals surface area (Å²) in [5.74, 6) is 0.794. The first-order valence-corrected chi connectivity index (χ1v) is 9.76. The van der Waals surface area contributed by atoms with E-state index in [-0.39, 0.29) is 11.4 Å². The van der Waals surface area contributed by atoms with E-state index in [2.05, 4.69) is 16.0 Å². The number of nitrogens with one attached hydrogen (secondary N) is 3. The zero-order valence-corrected chi connectivity index (χ0v) is 16.5. The third kappa shape index (κ3) is 3.98. The maximum Gasteiger partial charge on any atom is 0.221 e. The van der Waals surface area contributed by atoms with Gasteiger partial charge in [-0.25, -0.2) is 0 Å². The average Bonchev–Trinajstić information content (AvgIpc) is 2.67. The smallest absolute Gasteiger partial charge is 0.221 e. The van der Waals surface area contributed by atoms with Crippen LogP contribution in [0.3, 0.4) is 0 Å². The quantitative estimate of drug-likeness (QED) is 0.721. The number of carbonyl (C=O) groups is 1. The molecule has 2 heterocycles. The van der Waals surface area contributed by atoms with E-state index < -0.39 is 0 Å². The molecule has 7 heteroatoms. The summed E-state index contributed by atoms with van der Waals surface area (Å²) in [6, 6.07) is 13.6. The van der Waals surface area contributed by atoms with E-state index in [1.54, 1.807) is 0 Å². The van der Waals surface area contributed by atoms with E-state index in [9.17, 15) is 4.79 Å². The van der Waals surface area contributed by atoms with Crippen LogP contribution in [-0.2, 0) is 16.1 Å². The van der Waals surface area contributed by atoms with Gasteiger partial charge in [0.15, 0.2) is 0 Å². The maximum atomic E-state index is 11.4. The summed E-state index contributed by atoms with van der Waals surface area (Å²) in [5.41, 5.74) is 3.42. The number of hydrogen-bond acceptors (Lipinski definition) is 4. The topological polar surface area (TPSA) is 74.8 Å². The largest absolute Gasteiger partial charge is 0.381 e. The van der Waals surface area contributed by atoms with Crippen LogP contribution in [-0.4, -0.2) is 30.5 Å². The summed E-state index contributed by atoms with van der Waals surface area (Å²) in [6.45, 7) is 3.41. The Balaban J connectivity index is 1.66. The monoisotopic (exact) mass is 398 g/mol. The molecule has 2 aliphatic heterocycles. The second-order valence-corrected chi connectivity index (χ2v) is 7.62. The minimum absolute atomic E-state index is 0.0977. The molecule has 0 aliphatic carbocycles. The van der Waals surface area contributed by atoms with Crippen LogP contribution in [0.1, 0.15) is 25.3 Å².